The average molecular weight is 290 g/mol. The number of anilines is 1. The molecule has 1 aromatic heterocycles. The molecule has 0 aliphatic carbocycles. The van der Waals surface area contributed by atoms with Crippen LogP contribution in [-0.2, 0) is 5.41 Å². The lowest BCUT2D eigenvalue weighted by atomic mass is 9.92. The van der Waals surface area contributed by atoms with Crippen molar-refractivity contribution in [1.29, 1.82) is 0 Å². The van der Waals surface area contributed by atoms with Crippen LogP contribution in [0.1, 0.15) is 26.5 Å². The predicted octanol–water partition coefficient (Wildman–Crippen LogP) is 3.27. The number of aromatic nitrogens is 2. The molecule has 0 radical (unpaired) electrons. The highest BCUT2D eigenvalue weighted by atomic mass is 79.9. The van der Waals surface area contributed by atoms with Gasteiger partial charge in [0.15, 0.2) is 0 Å². The van der Waals surface area contributed by atoms with Gasteiger partial charge in [0, 0.05) is 25.2 Å². The highest BCUT2D eigenvalue weighted by Gasteiger charge is 2.20. The van der Waals surface area contributed by atoms with Gasteiger partial charge in [0.1, 0.15) is 4.64 Å². The molecular formula is C10H16BrN3S. The monoisotopic (exact) mass is 289 g/mol. The van der Waals surface area contributed by atoms with Crippen LogP contribution in [0.5, 0.6) is 0 Å². The first kappa shape index (κ1) is 12.6. The van der Waals surface area contributed by atoms with Crippen LogP contribution >= 0.6 is 28.1 Å². The standard InChI is InChI=1S/C10H16BrN3S/c1-10(2,3)7-6(11)8(15)13-9(12-7)14(4)5/h1-5H3,(H,12,13,15). The molecule has 3 nitrogen and oxygen atoms in total. The number of nitrogens with zero attached hydrogens (tertiary/aromatic N) is 2. The van der Waals surface area contributed by atoms with Crippen molar-refractivity contribution in [3.05, 3.63) is 14.8 Å². The van der Waals surface area contributed by atoms with Crippen LogP contribution in [0.2, 0.25) is 0 Å². The summed E-state index contributed by atoms with van der Waals surface area (Å²) in [7, 11) is 3.88. The SMILES string of the molecule is CN(C)c1nc(=S)c(Br)c(C(C)(C)C)[nH]1. The summed E-state index contributed by atoms with van der Waals surface area (Å²) >= 11 is 8.69. The minimum absolute atomic E-state index is 0.0140. The van der Waals surface area contributed by atoms with Crippen molar-refractivity contribution in [2.24, 2.45) is 0 Å². The molecule has 0 atom stereocenters. The average Bonchev–Trinajstić information content (AvgIpc) is 2.06. The van der Waals surface area contributed by atoms with Crippen LogP contribution in [0.25, 0.3) is 0 Å². The van der Waals surface area contributed by atoms with E-state index in [0.717, 1.165) is 16.1 Å². The van der Waals surface area contributed by atoms with E-state index in [1.54, 1.807) is 0 Å². The maximum absolute atomic E-state index is 5.21. The third-order valence-corrected chi connectivity index (χ3v) is 3.36. The molecule has 1 aromatic rings. The van der Waals surface area contributed by atoms with Crippen molar-refractivity contribution in [2.75, 3.05) is 19.0 Å². The lowest BCUT2D eigenvalue weighted by Gasteiger charge is -2.23. The third-order valence-electron chi connectivity index (χ3n) is 2.03. The molecule has 1 rings (SSSR count). The van der Waals surface area contributed by atoms with Gasteiger partial charge in [0.2, 0.25) is 5.95 Å². The summed E-state index contributed by atoms with van der Waals surface area (Å²) in [5, 5.41) is 0. The van der Waals surface area contributed by atoms with E-state index >= 15 is 0 Å². The molecule has 15 heavy (non-hydrogen) atoms. The van der Waals surface area contributed by atoms with Crippen molar-refractivity contribution >= 4 is 34.1 Å². The first-order valence-corrected chi connectivity index (χ1v) is 5.91. The Balaban J connectivity index is 3.46. The Morgan fingerprint density at radius 3 is 2.27 bits per heavy atom. The molecule has 0 aliphatic heterocycles. The summed E-state index contributed by atoms with van der Waals surface area (Å²) in [6.07, 6.45) is 0. The van der Waals surface area contributed by atoms with Gasteiger partial charge in [-0.15, -0.1) is 0 Å². The van der Waals surface area contributed by atoms with E-state index in [9.17, 15) is 0 Å². The normalized spacial score (nSPS) is 11.6. The topological polar surface area (TPSA) is 31.9 Å². The number of rotatable bonds is 1. The largest absolute Gasteiger partial charge is 0.349 e. The lowest BCUT2D eigenvalue weighted by molar-refractivity contribution is 0.562. The molecule has 5 heteroatoms. The van der Waals surface area contributed by atoms with Gasteiger partial charge in [-0.05, 0) is 15.9 Å². The lowest BCUT2D eigenvalue weighted by Crippen LogP contribution is -2.20. The van der Waals surface area contributed by atoms with Gasteiger partial charge in [-0.1, -0.05) is 33.0 Å². The van der Waals surface area contributed by atoms with Gasteiger partial charge in [-0.25, -0.2) is 4.98 Å². The fourth-order valence-electron chi connectivity index (χ4n) is 1.18. The molecule has 0 aromatic carbocycles. The summed E-state index contributed by atoms with van der Waals surface area (Å²) < 4.78 is 1.48. The van der Waals surface area contributed by atoms with Gasteiger partial charge in [0.25, 0.3) is 0 Å². The zero-order valence-corrected chi connectivity index (χ0v) is 12.1. The number of halogens is 1. The molecule has 0 bridgehead atoms. The van der Waals surface area contributed by atoms with Crippen LogP contribution in [0.3, 0.4) is 0 Å². The van der Waals surface area contributed by atoms with Crippen molar-refractivity contribution in [1.82, 2.24) is 9.97 Å². The van der Waals surface area contributed by atoms with Gasteiger partial charge in [0.05, 0.1) is 4.47 Å². The van der Waals surface area contributed by atoms with E-state index in [1.807, 2.05) is 19.0 Å². The van der Waals surface area contributed by atoms with Crippen LogP contribution in [0.15, 0.2) is 4.47 Å². The number of aromatic amines is 1. The van der Waals surface area contributed by atoms with Crippen LogP contribution in [0, 0.1) is 4.64 Å². The second kappa shape index (κ2) is 4.22. The molecule has 0 aliphatic rings. The minimum atomic E-state index is 0.0140. The Labute approximate surface area is 104 Å². The summed E-state index contributed by atoms with van der Waals surface area (Å²) in [6.45, 7) is 6.41. The van der Waals surface area contributed by atoms with E-state index in [1.165, 1.54) is 0 Å². The smallest absolute Gasteiger partial charge is 0.203 e. The fourth-order valence-corrected chi connectivity index (χ4v) is 2.15. The molecule has 0 unspecified atom stereocenters. The molecular weight excluding hydrogens is 274 g/mol. The Bertz CT molecular complexity index is 418. The first-order valence-electron chi connectivity index (χ1n) is 4.71. The van der Waals surface area contributed by atoms with E-state index in [4.69, 9.17) is 12.2 Å². The quantitative estimate of drug-likeness (QED) is 0.806. The summed E-state index contributed by atoms with van der Waals surface area (Å²) in [5.74, 6) is 0.785. The van der Waals surface area contributed by atoms with Crippen molar-refractivity contribution in [3.8, 4) is 0 Å². The van der Waals surface area contributed by atoms with E-state index in [-0.39, 0.29) is 5.41 Å². The van der Waals surface area contributed by atoms with Gasteiger partial charge in [-0.2, -0.15) is 0 Å². The second-order valence-corrected chi connectivity index (χ2v) is 5.88. The highest BCUT2D eigenvalue weighted by molar-refractivity contribution is 9.10. The molecule has 0 saturated heterocycles. The zero-order chi connectivity index (χ0) is 11.8. The molecule has 0 spiro atoms. The molecule has 0 fully saturated rings. The predicted molar refractivity (Wildman–Crippen MR) is 70.1 cm³/mol. The summed E-state index contributed by atoms with van der Waals surface area (Å²) in [6, 6.07) is 0. The highest BCUT2D eigenvalue weighted by Crippen LogP contribution is 2.29. The maximum Gasteiger partial charge on any atom is 0.203 e. The molecule has 84 valence electrons. The Kier molecular flexibility index (Phi) is 3.55. The Morgan fingerprint density at radius 2 is 1.87 bits per heavy atom. The maximum atomic E-state index is 5.21. The number of H-pyrrole nitrogens is 1. The Morgan fingerprint density at radius 1 is 1.33 bits per heavy atom. The van der Waals surface area contributed by atoms with Crippen molar-refractivity contribution < 1.29 is 0 Å². The molecule has 0 saturated carbocycles. The van der Waals surface area contributed by atoms with Crippen molar-refractivity contribution in [2.45, 2.75) is 26.2 Å². The first-order chi connectivity index (χ1) is 6.73. The molecule has 1 heterocycles. The summed E-state index contributed by atoms with van der Waals surface area (Å²) in [5.41, 5.74) is 1.09. The van der Waals surface area contributed by atoms with Gasteiger partial charge in [-0.3, -0.25) is 0 Å². The minimum Gasteiger partial charge on any atom is -0.349 e. The van der Waals surface area contributed by atoms with E-state index < -0.39 is 0 Å². The number of nitrogens with one attached hydrogen (secondary N) is 1. The number of hydrogen-bond donors (Lipinski definition) is 1. The van der Waals surface area contributed by atoms with Crippen LogP contribution < -0.4 is 4.90 Å². The van der Waals surface area contributed by atoms with E-state index in [2.05, 4.69) is 46.7 Å². The molecule has 1 N–H and O–H groups in total. The van der Waals surface area contributed by atoms with Crippen LogP contribution in [-0.4, -0.2) is 24.1 Å². The van der Waals surface area contributed by atoms with Gasteiger partial charge >= 0.3 is 0 Å². The number of hydrogen-bond acceptors (Lipinski definition) is 3. The van der Waals surface area contributed by atoms with Crippen molar-refractivity contribution in [3.63, 3.8) is 0 Å². The van der Waals surface area contributed by atoms with Gasteiger partial charge < -0.3 is 9.88 Å². The Hall–Kier alpha value is -0.420. The zero-order valence-electron chi connectivity index (χ0n) is 9.68. The summed E-state index contributed by atoms with van der Waals surface area (Å²) in [4.78, 5) is 9.49. The van der Waals surface area contributed by atoms with E-state index in [0.29, 0.717) is 4.64 Å². The second-order valence-electron chi connectivity index (χ2n) is 4.70. The fraction of sp³-hybridized carbons (Fsp3) is 0.600. The third kappa shape index (κ3) is 2.78. The van der Waals surface area contributed by atoms with Crippen LogP contribution in [0.4, 0.5) is 5.95 Å². The molecule has 0 amide bonds.